The molecule has 0 aliphatic heterocycles. The van der Waals surface area contributed by atoms with Crippen LogP contribution in [-0.4, -0.2) is 20.2 Å². The summed E-state index contributed by atoms with van der Waals surface area (Å²) in [5, 5.41) is 6.14. The summed E-state index contributed by atoms with van der Waals surface area (Å²) in [5.41, 5.74) is -0.0146. The van der Waals surface area contributed by atoms with E-state index in [0.717, 1.165) is 10.1 Å². The molecule has 0 saturated heterocycles. The first-order valence-corrected chi connectivity index (χ1v) is 7.57. The molecule has 0 bridgehead atoms. The summed E-state index contributed by atoms with van der Waals surface area (Å²) in [6.45, 7) is 3.24. The number of hydrogen-bond donors (Lipinski definition) is 1. The first-order valence-electron chi connectivity index (χ1n) is 7.57. The summed E-state index contributed by atoms with van der Waals surface area (Å²) in [7, 11) is 0. The minimum Gasteiger partial charge on any atom is -0.360 e. The third-order valence-corrected chi connectivity index (χ3v) is 3.64. The van der Waals surface area contributed by atoms with Gasteiger partial charge < -0.3 is 9.84 Å². The van der Waals surface area contributed by atoms with Crippen molar-refractivity contribution in [2.75, 3.05) is 5.32 Å². The van der Waals surface area contributed by atoms with Crippen molar-refractivity contribution in [3.05, 3.63) is 74.8 Å². The van der Waals surface area contributed by atoms with E-state index < -0.39 is 17.0 Å². The first kappa shape index (κ1) is 16.4. The second-order valence-corrected chi connectivity index (χ2v) is 5.56. The smallest absolute Gasteiger partial charge is 0.320 e. The highest BCUT2D eigenvalue weighted by atomic mass is 16.5. The van der Waals surface area contributed by atoms with E-state index in [4.69, 9.17) is 4.52 Å². The van der Waals surface area contributed by atoms with Gasteiger partial charge in [-0.2, -0.15) is 0 Å². The number of nitrogens with zero attached hydrogens (tertiary/aromatic N) is 3. The third-order valence-electron chi connectivity index (χ3n) is 3.64. The van der Waals surface area contributed by atoms with Crippen molar-refractivity contribution in [1.29, 1.82) is 0 Å². The van der Waals surface area contributed by atoms with Crippen molar-refractivity contribution >= 4 is 11.7 Å². The Kier molecular flexibility index (Phi) is 4.34. The number of hydrogen-bond acceptors (Lipinski definition) is 5. The van der Waals surface area contributed by atoms with Gasteiger partial charge in [0.05, 0.1) is 5.69 Å². The van der Waals surface area contributed by atoms with Gasteiger partial charge in [-0.05, 0) is 25.5 Å². The fourth-order valence-corrected chi connectivity index (χ4v) is 2.42. The Morgan fingerprint density at radius 1 is 1.16 bits per heavy atom. The summed E-state index contributed by atoms with van der Waals surface area (Å²) in [6.07, 6.45) is 2.88. The predicted molar refractivity (Wildman–Crippen MR) is 90.9 cm³/mol. The Morgan fingerprint density at radius 3 is 2.60 bits per heavy atom. The van der Waals surface area contributed by atoms with E-state index in [9.17, 15) is 14.4 Å². The van der Waals surface area contributed by atoms with Crippen LogP contribution in [0.2, 0.25) is 0 Å². The zero-order chi connectivity index (χ0) is 18.0. The molecule has 25 heavy (non-hydrogen) atoms. The summed E-state index contributed by atoms with van der Waals surface area (Å²) in [4.78, 5) is 36.6. The number of carbonyl (C=O) groups is 1. The first-order chi connectivity index (χ1) is 12.0. The highest BCUT2D eigenvalue weighted by Gasteiger charge is 2.12. The van der Waals surface area contributed by atoms with Crippen LogP contribution < -0.4 is 16.4 Å². The maximum Gasteiger partial charge on any atom is 0.320 e. The zero-order valence-electron chi connectivity index (χ0n) is 13.7. The lowest BCUT2D eigenvalue weighted by atomic mass is 10.2. The summed E-state index contributed by atoms with van der Waals surface area (Å²) < 4.78 is 7.17. The molecule has 0 aliphatic carbocycles. The molecule has 3 rings (SSSR count). The molecule has 0 spiro atoms. The van der Waals surface area contributed by atoms with Crippen LogP contribution in [0.1, 0.15) is 11.3 Å². The van der Waals surface area contributed by atoms with Gasteiger partial charge in [-0.15, -0.1) is 0 Å². The van der Waals surface area contributed by atoms with Crippen LogP contribution in [0.4, 0.5) is 5.82 Å². The highest BCUT2D eigenvalue weighted by molar-refractivity contribution is 5.89. The van der Waals surface area contributed by atoms with Gasteiger partial charge in [-0.1, -0.05) is 23.4 Å². The predicted octanol–water partition coefficient (Wildman–Crippen LogP) is 1.24. The number of aryl methyl sites for hydroxylation is 2. The molecule has 3 aromatic rings. The molecular formula is C17H16N4O4. The maximum atomic E-state index is 12.4. The summed E-state index contributed by atoms with van der Waals surface area (Å²) >= 11 is 0. The number of amides is 1. The second-order valence-electron chi connectivity index (χ2n) is 5.56. The van der Waals surface area contributed by atoms with Crippen molar-refractivity contribution in [2.45, 2.75) is 20.4 Å². The Hall–Kier alpha value is -3.42. The van der Waals surface area contributed by atoms with Crippen LogP contribution in [0.5, 0.6) is 0 Å². The molecule has 0 radical (unpaired) electrons. The molecule has 128 valence electrons. The second kappa shape index (κ2) is 6.60. The van der Waals surface area contributed by atoms with E-state index in [1.807, 2.05) is 19.1 Å². The number of rotatable bonds is 4. The zero-order valence-corrected chi connectivity index (χ0v) is 13.7. The third kappa shape index (κ3) is 3.42. The van der Waals surface area contributed by atoms with E-state index >= 15 is 0 Å². The standard InChI is InChI=1S/C17H16N4O4/c1-11-5-3-4-6-13(11)21-8-7-20(16(23)17(21)24)10-15(22)18-14-9-12(2)25-19-14/h3-9H,10H2,1-2H3,(H,18,19,22). The molecule has 2 heterocycles. The molecule has 0 atom stereocenters. The monoisotopic (exact) mass is 340 g/mol. The van der Waals surface area contributed by atoms with E-state index in [1.165, 1.54) is 17.0 Å². The van der Waals surface area contributed by atoms with Crippen LogP contribution in [0.25, 0.3) is 5.69 Å². The molecule has 2 aromatic heterocycles. The van der Waals surface area contributed by atoms with Gasteiger partial charge in [0.25, 0.3) is 0 Å². The largest absolute Gasteiger partial charge is 0.360 e. The lowest BCUT2D eigenvalue weighted by molar-refractivity contribution is -0.116. The Bertz CT molecular complexity index is 1050. The minimum absolute atomic E-state index is 0.254. The fourth-order valence-electron chi connectivity index (χ4n) is 2.42. The lowest BCUT2D eigenvalue weighted by Gasteiger charge is -2.10. The Morgan fingerprint density at radius 2 is 1.92 bits per heavy atom. The van der Waals surface area contributed by atoms with E-state index in [2.05, 4.69) is 10.5 Å². The maximum absolute atomic E-state index is 12.4. The molecular weight excluding hydrogens is 324 g/mol. The van der Waals surface area contributed by atoms with Gasteiger partial charge in [-0.25, -0.2) is 0 Å². The molecule has 8 nitrogen and oxygen atoms in total. The minimum atomic E-state index is -0.780. The Balaban J connectivity index is 1.86. The van der Waals surface area contributed by atoms with Crippen LogP contribution in [0.3, 0.4) is 0 Å². The molecule has 0 saturated carbocycles. The molecule has 1 aromatic carbocycles. The van der Waals surface area contributed by atoms with Gasteiger partial charge in [0.2, 0.25) is 5.91 Å². The number of nitrogens with one attached hydrogen (secondary N) is 1. The van der Waals surface area contributed by atoms with Crippen molar-refractivity contribution in [3.63, 3.8) is 0 Å². The summed E-state index contributed by atoms with van der Waals surface area (Å²) in [6, 6.07) is 8.78. The van der Waals surface area contributed by atoms with Crippen LogP contribution in [-0.2, 0) is 11.3 Å². The molecule has 0 fully saturated rings. The average molecular weight is 340 g/mol. The molecule has 1 N–H and O–H groups in total. The van der Waals surface area contributed by atoms with Crippen LogP contribution in [0.15, 0.2) is 56.8 Å². The lowest BCUT2D eigenvalue weighted by Crippen LogP contribution is -2.41. The average Bonchev–Trinajstić information content (AvgIpc) is 2.98. The van der Waals surface area contributed by atoms with Gasteiger partial charge in [0.1, 0.15) is 12.3 Å². The van der Waals surface area contributed by atoms with Crippen molar-refractivity contribution in [1.82, 2.24) is 14.3 Å². The quantitative estimate of drug-likeness (QED) is 0.721. The molecule has 0 aliphatic rings. The number of anilines is 1. The number of para-hydroxylation sites is 1. The van der Waals surface area contributed by atoms with E-state index in [1.54, 1.807) is 25.1 Å². The fraction of sp³-hybridized carbons (Fsp3) is 0.176. The topological polar surface area (TPSA) is 99.1 Å². The van der Waals surface area contributed by atoms with E-state index in [0.29, 0.717) is 11.4 Å². The van der Waals surface area contributed by atoms with Crippen LogP contribution in [0, 0.1) is 13.8 Å². The number of benzene rings is 1. The van der Waals surface area contributed by atoms with E-state index in [-0.39, 0.29) is 12.4 Å². The van der Waals surface area contributed by atoms with Crippen molar-refractivity contribution in [2.24, 2.45) is 0 Å². The van der Waals surface area contributed by atoms with Gasteiger partial charge in [0, 0.05) is 18.5 Å². The normalized spacial score (nSPS) is 10.6. The number of aromatic nitrogens is 3. The Labute approximate surface area is 142 Å². The van der Waals surface area contributed by atoms with Gasteiger partial charge in [-0.3, -0.25) is 23.5 Å². The SMILES string of the molecule is Cc1cc(NC(=O)Cn2ccn(-c3ccccc3C)c(=O)c2=O)no1. The van der Waals surface area contributed by atoms with Crippen molar-refractivity contribution in [3.8, 4) is 5.69 Å². The highest BCUT2D eigenvalue weighted by Crippen LogP contribution is 2.10. The van der Waals surface area contributed by atoms with Gasteiger partial charge >= 0.3 is 11.1 Å². The molecule has 0 unspecified atom stereocenters. The summed E-state index contributed by atoms with van der Waals surface area (Å²) in [5.74, 6) is 0.320. The molecule has 1 amide bonds. The number of carbonyl (C=O) groups excluding carboxylic acids is 1. The molecule has 8 heteroatoms. The van der Waals surface area contributed by atoms with Gasteiger partial charge in [0.15, 0.2) is 5.82 Å². The van der Waals surface area contributed by atoms with Crippen LogP contribution >= 0.6 is 0 Å². The van der Waals surface area contributed by atoms with Crippen molar-refractivity contribution < 1.29 is 9.32 Å².